The number of methoxy groups -OCH3 is 1. The number of rotatable bonds is 2. The fraction of sp³-hybridized carbons (Fsp3) is 0.467. The molecule has 1 fully saturated rings. The van der Waals surface area contributed by atoms with Gasteiger partial charge in [-0.2, -0.15) is 0 Å². The van der Waals surface area contributed by atoms with Crippen molar-refractivity contribution in [2.45, 2.75) is 26.2 Å². The molecule has 1 aliphatic heterocycles. The van der Waals surface area contributed by atoms with Crippen LogP contribution in [0.25, 0.3) is 6.08 Å². The first-order valence-corrected chi connectivity index (χ1v) is 6.34. The molecule has 1 aromatic rings. The largest absolute Gasteiger partial charge is 0.496 e. The van der Waals surface area contributed by atoms with Gasteiger partial charge < -0.3 is 10.1 Å². The molecule has 0 aromatic heterocycles. The monoisotopic (exact) mass is 231 g/mol. The van der Waals surface area contributed by atoms with Gasteiger partial charge >= 0.3 is 0 Å². The van der Waals surface area contributed by atoms with Crippen LogP contribution in [0.1, 0.15) is 30.4 Å². The van der Waals surface area contributed by atoms with Crippen LogP contribution in [-0.4, -0.2) is 20.2 Å². The van der Waals surface area contributed by atoms with E-state index in [1.54, 1.807) is 7.11 Å². The van der Waals surface area contributed by atoms with Crippen molar-refractivity contribution in [2.24, 2.45) is 0 Å². The van der Waals surface area contributed by atoms with Crippen LogP contribution >= 0.6 is 0 Å². The van der Waals surface area contributed by atoms with Crippen LogP contribution in [0, 0.1) is 6.92 Å². The third kappa shape index (κ3) is 3.34. The molecule has 0 unspecified atom stereocenters. The Balaban J connectivity index is 2.25. The predicted octanol–water partition coefficient (Wildman–Crippen LogP) is 3.16. The SMILES string of the molecule is COc1ccc(C)cc1/C=C1/CCCNCC1. The third-order valence-corrected chi connectivity index (χ3v) is 3.22. The molecule has 0 amide bonds. The zero-order valence-electron chi connectivity index (χ0n) is 10.8. The predicted molar refractivity (Wildman–Crippen MR) is 72.4 cm³/mol. The van der Waals surface area contributed by atoms with Crippen LogP contribution in [0.2, 0.25) is 0 Å². The summed E-state index contributed by atoms with van der Waals surface area (Å²) in [6, 6.07) is 6.34. The maximum Gasteiger partial charge on any atom is 0.126 e. The van der Waals surface area contributed by atoms with E-state index in [0.717, 1.165) is 25.3 Å². The van der Waals surface area contributed by atoms with Crippen molar-refractivity contribution in [3.8, 4) is 5.75 Å². The lowest BCUT2D eigenvalue weighted by molar-refractivity contribution is 0.413. The van der Waals surface area contributed by atoms with Crippen molar-refractivity contribution in [3.05, 3.63) is 34.9 Å². The molecule has 1 saturated heterocycles. The van der Waals surface area contributed by atoms with Gasteiger partial charge in [0.2, 0.25) is 0 Å². The summed E-state index contributed by atoms with van der Waals surface area (Å²) in [5.41, 5.74) is 4.02. The first-order chi connectivity index (χ1) is 8.29. The molecule has 0 radical (unpaired) electrons. The highest BCUT2D eigenvalue weighted by Crippen LogP contribution is 2.25. The number of hydrogen-bond acceptors (Lipinski definition) is 2. The van der Waals surface area contributed by atoms with Crippen LogP contribution in [0.5, 0.6) is 5.75 Å². The van der Waals surface area contributed by atoms with Gasteiger partial charge in [-0.1, -0.05) is 23.3 Å². The summed E-state index contributed by atoms with van der Waals surface area (Å²) >= 11 is 0. The molecule has 1 N–H and O–H groups in total. The highest BCUT2D eigenvalue weighted by Gasteiger charge is 2.06. The molecule has 0 spiro atoms. The Morgan fingerprint density at radius 2 is 2.12 bits per heavy atom. The minimum Gasteiger partial charge on any atom is -0.496 e. The van der Waals surface area contributed by atoms with Gasteiger partial charge in [-0.25, -0.2) is 0 Å². The van der Waals surface area contributed by atoms with E-state index in [9.17, 15) is 0 Å². The molecule has 1 aromatic carbocycles. The van der Waals surface area contributed by atoms with E-state index in [1.807, 2.05) is 0 Å². The van der Waals surface area contributed by atoms with Gasteiger partial charge in [0, 0.05) is 5.56 Å². The highest BCUT2D eigenvalue weighted by atomic mass is 16.5. The first kappa shape index (κ1) is 12.2. The van der Waals surface area contributed by atoms with Crippen LogP contribution in [0.3, 0.4) is 0 Å². The first-order valence-electron chi connectivity index (χ1n) is 6.34. The number of aryl methyl sites for hydroxylation is 1. The second-order valence-electron chi connectivity index (χ2n) is 4.65. The van der Waals surface area contributed by atoms with E-state index < -0.39 is 0 Å². The summed E-state index contributed by atoms with van der Waals surface area (Å²) in [5.74, 6) is 0.973. The maximum atomic E-state index is 5.41. The molecule has 1 heterocycles. The number of ether oxygens (including phenoxy) is 1. The Hall–Kier alpha value is -1.28. The summed E-state index contributed by atoms with van der Waals surface area (Å²) in [6.07, 6.45) is 5.89. The van der Waals surface area contributed by atoms with Gasteiger partial charge in [-0.05, 0) is 51.4 Å². The Morgan fingerprint density at radius 3 is 2.94 bits per heavy atom. The standard InChI is InChI=1S/C15H21NO/c1-12-5-6-15(17-2)14(10-12)11-13-4-3-8-16-9-7-13/h5-6,10-11,16H,3-4,7-9H2,1-2H3/b13-11-. The quantitative estimate of drug-likeness (QED) is 0.844. The lowest BCUT2D eigenvalue weighted by atomic mass is 10.0. The van der Waals surface area contributed by atoms with E-state index >= 15 is 0 Å². The number of benzene rings is 1. The van der Waals surface area contributed by atoms with Crippen LogP contribution < -0.4 is 10.1 Å². The second-order valence-corrected chi connectivity index (χ2v) is 4.65. The normalized spacial score (nSPS) is 19.1. The zero-order chi connectivity index (χ0) is 12.1. The molecule has 2 nitrogen and oxygen atoms in total. The topological polar surface area (TPSA) is 21.3 Å². The van der Waals surface area contributed by atoms with Crippen LogP contribution in [-0.2, 0) is 0 Å². The van der Waals surface area contributed by atoms with Gasteiger partial charge in [0.05, 0.1) is 7.11 Å². The molecule has 0 bridgehead atoms. The van der Waals surface area contributed by atoms with Crippen molar-refractivity contribution >= 4 is 6.08 Å². The second kappa shape index (κ2) is 5.87. The lowest BCUT2D eigenvalue weighted by Gasteiger charge is -2.08. The molecule has 2 heteroatoms. The molecule has 92 valence electrons. The summed E-state index contributed by atoms with van der Waals surface area (Å²) < 4.78 is 5.41. The minimum absolute atomic E-state index is 0.973. The molecule has 0 aliphatic carbocycles. The van der Waals surface area contributed by atoms with E-state index in [0.29, 0.717) is 0 Å². The molecular weight excluding hydrogens is 210 g/mol. The van der Waals surface area contributed by atoms with Crippen LogP contribution in [0.15, 0.2) is 23.8 Å². The molecule has 1 aliphatic rings. The number of hydrogen-bond donors (Lipinski definition) is 1. The Labute approximate surface area is 104 Å². The summed E-state index contributed by atoms with van der Waals surface area (Å²) in [6.45, 7) is 4.36. The van der Waals surface area contributed by atoms with Crippen molar-refractivity contribution in [3.63, 3.8) is 0 Å². The summed E-state index contributed by atoms with van der Waals surface area (Å²) in [5, 5.41) is 3.43. The number of nitrogens with one attached hydrogen (secondary N) is 1. The highest BCUT2D eigenvalue weighted by molar-refractivity contribution is 5.60. The lowest BCUT2D eigenvalue weighted by Crippen LogP contribution is -2.13. The van der Waals surface area contributed by atoms with E-state index in [4.69, 9.17) is 4.74 Å². The Morgan fingerprint density at radius 1 is 1.24 bits per heavy atom. The van der Waals surface area contributed by atoms with Gasteiger partial charge in [-0.15, -0.1) is 0 Å². The average Bonchev–Trinajstić information content (AvgIpc) is 2.58. The van der Waals surface area contributed by atoms with Crippen molar-refractivity contribution in [2.75, 3.05) is 20.2 Å². The maximum absolute atomic E-state index is 5.41. The van der Waals surface area contributed by atoms with E-state index in [2.05, 4.69) is 36.5 Å². The fourth-order valence-corrected chi connectivity index (χ4v) is 2.27. The van der Waals surface area contributed by atoms with Crippen molar-refractivity contribution < 1.29 is 4.74 Å². The van der Waals surface area contributed by atoms with Gasteiger partial charge in [0.15, 0.2) is 0 Å². The molecule has 0 saturated carbocycles. The third-order valence-electron chi connectivity index (χ3n) is 3.22. The van der Waals surface area contributed by atoms with Gasteiger partial charge in [0.1, 0.15) is 5.75 Å². The molecule has 2 rings (SSSR count). The minimum atomic E-state index is 0.973. The van der Waals surface area contributed by atoms with Crippen molar-refractivity contribution in [1.82, 2.24) is 5.32 Å². The average molecular weight is 231 g/mol. The zero-order valence-corrected chi connectivity index (χ0v) is 10.8. The van der Waals surface area contributed by atoms with Crippen LogP contribution in [0.4, 0.5) is 0 Å². The fourth-order valence-electron chi connectivity index (χ4n) is 2.27. The van der Waals surface area contributed by atoms with Crippen molar-refractivity contribution in [1.29, 1.82) is 0 Å². The summed E-state index contributed by atoms with van der Waals surface area (Å²) in [4.78, 5) is 0. The smallest absolute Gasteiger partial charge is 0.126 e. The van der Waals surface area contributed by atoms with Gasteiger partial charge in [0.25, 0.3) is 0 Å². The van der Waals surface area contributed by atoms with Gasteiger partial charge in [-0.3, -0.25) is 0 Å². The molecule has 0 atom stereocenters. The van der Waals surface area contributed by atoms with E-state index in [1.165, 1.54) is 29.5 Å². The molecule has 17 heavy (non-hydrogen) atoms. The Bertz CT molecular complexity index is 399. The molecular formula is C15H21NO. The Kier molecular flexibility index (Phi) is 4.21. The summed E-state index contributed by atoms with van der Waals surface area (Å²) in [7, 11) is 1.74. The van der Waals surface area contributed by atoms with E-state index in [-0.39, 0.29) is 0 Å².